The molecular formula is C15H39NO11. The number of carbonyl (C=O) groups excluding carboxylic acids is 1. The molecule has 0 aliphatic heterocycles. The van der Waals surface area contributed by atoms with Gasteiger partial charge in [-0.05, 0) is 0 Å². The third kappa shape index (κ3) is 11.6. The van der Waals surface area contributed by atoms with Crippen molar-refractivity contribution >= 4 is 6.29 Å². The van der Waals surface area contributed by atoms with E-state index in [1.807, 2.05) is 13.8 Å². The van der Waals surface area contributed by atoms with Crippen molar-refractivity contribution in [2.24, 2.45) is 0 Å². The molecule has 0 aromatic heterocycles. The molecule has 0 heterocycles. The number of aliphatic hydroxyl groups is 10. The monoisotopic (exact) mass is 414 g/mol. The van der Waals surface area contributed by atoms with E-state index in [1.54, 1.807) is 0 Å². The van der Waals surface area contributed by atoms with Crippen molar-refractivity contribution in [2.75, 3.05) is 19.8 Å². The largest absolute Gasteiger partial charge is 0.394 e. The summed E-state index contributed by atoms with van der Waals surface area (Å²) in [7, 11) is 0. The highest BCUT2D eigenvalue weighted by molar-refractivity contribution is 5.56. The smallest absolute Gasteiger partial charge is 0.151 e. The fourth-order valence-corrected chi connectivity index (χ4v) is 1.66. The van der Waals surface area contributed by atoms with Gasteiger partial charge in [-0.3, -0.25) is 0 Å². The van der Waals surface area contributed by atoms with Gasteiger partial charge in [-0.1, -0.05) is 13.8 Å². The molecule has 0 fully saturated rings. The van der Waals surface area contributed by atoms with E-state index in [0.29, 0.717) is 0 Å². The molecule has 0 saturated heterocycles. The highest BCUT2D eigenvalue weighted by Crippen LogP contribution is 2.05. The van der Waals surface area contributed by atoms with Crippen LogP contribution in [0.3, 0.4) is 0 Å². The summed E-state index contributed by atoms with van der Waals surface area (Å²) in [5.74, 6) is 0. The summed E-state index contributed by atoms with van der Waals surface area (Å²) in [6, 6.07) is 0.145. The Morgan fingerprint density at radius 3 is 1.48 bits per heavy atom. The maximum atomic E-state index is 9.90. The Bertz CT molecular complexity index is 394. The Morgan fingerprint density at radius 2 is 1.15 bits per heavy atom. The molecule has 12 nitrogen and oxygen atoms in total. The van der Waals surface area contributed by atoms with E-state index in [2.05, 4.69) is 5.32 Å². The van der Waals surface area contributed by atoms with Gasteiger partial charge >= 0.3 is 0 Å². The fraction of sp³-hybridized carbons (Fsp3) is 0.933. The summed E-state index contributed by atoms with van der Waals surface area (Å²) in [6.07, 6.45) is -12.5. The Labute approximate surface area is 164 Å². The Morgan fingerprint density at radius 1 is 0.778 bits per heavy atom. The van der Waals surface area contributed by atoms with Crippen molar-refractivity contribution in [3.63, 3.8) is 0 Å². The van der Waals surface area contributed by atoms with Gasteiger partial charge < -0.3 is 61.2 Å². The molecule has 0 rings (SSSR count). The zero-order valence-corrected chi connectivity index (χ0v) is 15.3. The van der Waals surface area contributed by atoms with Crippen LogP contribution >= 0.6 is 0 Å². The van der Waals surface area contributed by atoms with Gasteiger partial charge in [-0.25, -0.2) is 0 Å². The summed E-state index contributed by atoms with van der Waals surface area (Å²) < 4.78 is 20.0. The lowest BCUT2D eigenvalue weighted by Crippen LogP contribution is -2.49. The highest BCUT2D eigenvalue weighted by atomic mass is 16.4. The van der Waals surface area contributed by atoms with Gasteiger partial charge in [-0.2, -0.15) is 0 Å². The number of aliphatic hydroxyl groups excluding tert-OH is 10. The zero-order chi connectivity index (χ0) is 25.7. The molecule has 0 bridgehead atoms. The van der Waals surface area contributed by atoms with Gasteiger partial charge in [0.05, 0.1) is 19.3 Å². The third-order valence-electron chi connectivity index (χ3n) is 3.48. The van der Waals surface area contributed by atoms with Gasteiger partial charge in [0.15, 0.2) is 6.29 Å². The lowest BCUT2D eigenvalue weighted by atomic mass is 10.0. The second kappa shape index (κ2) is 15.2. The van der Waals surface area contributed by atoms with Crippen LogP contribution < -0.4 is 5.32 Å². The van der Waals surface area contributed by atoms with E-state index < -0.39 is 62.0 Å². The van der Waals surface area contributed by atoms with Crippen LogP contribution in [0.2, 0.25) is 0 Å². The molecule has 0 aliphatic carbocycles. The SMILES string of the molecule is CC(C)NC[C@H](O)[C@@H](O)[C@H](O)[C@H](O)CO.O=C[C@H](O)[C@@H](O)[C@H](O)[C@H](O)CO.[2HH].[2H][2H].[2H][2H]. The maximum absolute atomic E-state index is 9.90. The van der Waals surface area contributed by atoms with E-state index in [1.165, 1.54) is 0 Å². The maximum Gasteiger partial charge on any atom is 0.151 e. The van der Waals surface area contributed by atoms with Crippen molar-refractivity contribution < 1.29 is 63.2 Å². The van der Waals surface area contributed by atoms with Crippen LogP contribution in [-0.2, 0) is 4.79 Å². The Hall–Kier alpha value is -0.770. The highest BCUT2D eigenvalue weighted by Gasteiger charge is 2.30. The molecule has 27 heavy (non-hydrogen) atoms. The Kier molecular flexibility index (Phi) is 13.7. The van der Waals surface area contributed by atoms with Crippen molar-refractivity contribution in [3.05, 3.63) is 0 Å². The molecule has 8 atom stereocenters. The minimum absolute atomic E-state index is 0. The topological polar surface area (TPSA) is 231 Å². The average molecular weight is 415 g/mol. The van der Waals surface area contributed by atoms with Gasteiger partial charge in [0.1, 0.15) is 42.7 Å². The minimum atomic E-state index is -1.79. The van der Waals surface area contributed by atoms with Crippen LogP contribution in [0.1, 0.15) is 21.2 Å². The lowest BCUT2D eigenvalue weighted by molar-refractivity contribution is -0.136. The number of nitrogens with one attached hydrogen (secondary N) is 1. The quantitative estimate of drug-likeness (QED) is 0.134. The van der Waals surface area contributed by atoms with E-state index in [-0.39, 0.29) is 20.3 Å². The molecule has 0 amide bonds. The predicted octanol–water partition coefficient (Wildman–Crippen LogP) is -5.22. The van der Waals surface area contributed by atoms with Crippen LogP contribution in [0.5, 0.6) is 0 Å². The van der Waals surface area contributed by atoms with Gasteiger partial charge in [0, 0.05) is 20.0 Å². The first kappa shape index (κ1) is 24.3. The summed E-state index contributed by atoms with van der Waals surface area (Å²) in [5.41, 5.74) is 0. The number of hydrogen-bond acceptors (Lipinski definition) is 12. The second-order valence-electron chi connectivity index (χ2n) is 6.22. The van der Waals surface area contributed by atoms with Crippen molar-refractivity contribution in [1.82, 2.24) is 5.32 Å². The predicted molar refractivity (Wildman–Crippen MR) is 97.8 cm³/mol. The van der Waals surface area contributed by atoms with Crippen LogP contribution in [0.15, 0.2) is 0 Å². The normalized spacial score (nSPS) is 21.1. The van der Waals surface area contributed by atoms with Crippen molar-refractivity contribution in [2.45, 2.75) is 68.7 Å². The minimum Gasteiger partial charge on any atom is -0.394 e. The zero-order valence-electron chi connectivity index (χ0n) is 19.3. The lowest BCUT2D eigenvalue weighted by Gasteiger charge is -2.26. The van der Waals surface area contributed by atoms with E-state index in [4.69, 9.17) is 41.7 Å². The van der Waals surface area contributed by atoms with Crippen LogP contribution in [0, 0.1) is 0 Å². The van der Waals surface area contributed by atoms with E-state index >= 15 is 0 Å². The average Bonchev–Trinajstić information content (AvgIpc) is 2.81. The Balaban J connectivity index is -0.000000130. The number of carbonyl (C=O) groups is 1. The molecule has 12 heteroatoms. The molecule has 11 N–H and O–H groups in total. The molecule has 0 aromatic rings. The van der Waals surface area contributed by atoms with Gasteiger partial charge in [0.25, 0.3) is 0 Å². The molecule has 170 valence electrons. The molecule has 0 spiro atoms. The first-order valence-electron chi connectivity index (χ1n) is 10.3. The molecule has 0 aromatic carbocycles. The van der Waals surface area contributed by atoms with Gasteiger partial charge in [0.2, 0.25) is 0 Å². The van der Waals surface area contributed by atoms with Crippen molar-refractivity contribution in [3.8, 4) is 0 Å². The number of aldehydes is 1. The van der Waals surface area contributed by atoms with E-state index in [9.17, 15) is 20.1 Å². The summed E-state index contributed by atoms with van der Waals surface area (Å²) in [5, 5.41) is 92.1. The summed E-state index contributed by atoms with van der Waals surface area (Å²) in [4.78, 5) is 9.90. The first-order chi connectivity index (χ1) is 14.4. The van der Waals surface area contributed by atoms with Gasteiger partial charge in [-0.15, -0.1) is 0 Å². The first-order valence-corrected chi connectivity index (χ1v) is 8.29. The second-order valence-corrected chi connectivity index (χ2v) is 6.22. The number of rotatable bonds is 12. The molecule has 0 unspecified atom stereocenters. The molecular weight excluding hydrogens is 370 g/mol. The summed E-state index contributed by atoms with van der Waals surface area (Å²) >= 11 is 0. The number of hydrogen-bond donors (Lipinski definition) is 11. The standard InChI is InChI=1S/C9H21NO5.C6H12O6.3H2/c1-5(2)10-3-6(12)8(14)9(15)7(13)4-11;7-1-3(9)5(11)6(12)4(10)2-8;;;/h5-15H,3-4H2,1-2H3;1,3-6,8-12H,2H2;3*1H/t6-,7+,8+,9+;3-,4+,5+,6+;;;/m00.../s1/i;;2*1+1D;1+1. The van der Waals surface area contributed by atoms with E-state index in [0.717, 1.165) is 0 Å². The molecule has 0 radical (unpaired) electrons. The van der Waals surface area contributed by atoms with Crippen LogP contribution in [0.25, 0.3) is 0 Å². The molecule has 0 saturated carbocycles. The molecule has 0 aliphatic rings. The summed E-state index contributed by atoms with van der Waals surface area (Å²) in [6.45, 7) is 2.43. The third-order valence-corrected chi connectivity index (χ3v) is 3.48. The van der Waals surface area contributed by atoms with Crippen LogP contribution in [0.4, 0.5) is 0 Å². The van der Waals surface area contributed by atoms with Crippen molar-refractivity contribution in [1.29, 1.82) is 0 Å². The fourth-order valence-electron chi connectivity index (χ4n) is 1.66. The van der Waals surface area contributed by atoms with Crippen LogP contribution in [-0.4, -0.2) is 132 Å².